The molecule has 1 unspecified atom stereocenters. The van der Waals surface area contributed by atoms with Crippen molar-refractivity contribution in [2.75, 3.05) is 0 Å². The van der Waals surface area contributed by atoms with E-state index in [0.29, 0.717) is 6.42 Å². The van der Waals surface area contributed by atoms with Crippen molar-refractivity contribution >= 4 is 0 Å². The average molecular weight is 230 g/mol. The van der Waals surface area contributed by atoms with Crippen molar-refractivity contribution in [3.8, 4) is 0 Å². The van der Waals surface area contributed by atoms with Crippen LogP contribution in [0.4, 0.5) is 0 Å². The average Bonchev–Trinajstić information content (AvgIpc) is 2.80. The molecule has 1 N–H and O–H groups in total. The first-order valence-electron chi connectivity index (χ1n) is 5.96. The van der Waals surface area contributed by atoms with Crippen molar-refractivity contribution in [1.29, 1.82) is 0 Å². The van der Waals surface area contributed by atoms with Gasteiger partial charge in [0.2, 0.25) is 0 Å². The van der Waals surface area contributed by atoms with Crippen molar-refractivity contribution in [3.63, 3.8) is 0 Å². The fourth-order valence-corrected chi connectivity index (χ4v) is 2.02. The Labute approximate surface area is 102 Å². The van der Waals surface area contributed by atoms with Crippen LogP contribution in [0.5, 0.6) is 0 Å². The summed E-state index contributed by atoms with van der Waals surface area (Å²) in [5, 5.41) is 10.2. The number of aliphatic hydroxyl groups excluding tert-OH is 1. The first-order chi connectivity index (χ1) is 8.22. The first kappa shape index (κ1) is 11.9. The molecular weight excluding hydrogens is 212 g/mol. The zero-order chi connectivity index (χ0) is 12.3. The summed E-state index contributed by atoms with van der Waals surface area (Å²) >= 11 is 0. The second-order valence-electron chi connectivity index (χ2n) is 4.22. The molecule has 0 saturated carbocycles. The summed E-state index contributed by atoms with van der Waals surface area (Å²) in [5.74, 6) is 0.746. The lowest BCUT2D eigenvalue weighted by atomic mass is 10.0. The number of aryl methyl sites for hydroxylation is 2. The molecule has 3 heteroatoms. The van der Waals surface area contributed by atoms with Crippen molar-refractivity contribution in [3.05, 3.63) is 53.6 Å². The van der Waals surface area contributed by atoms with Gasteiger partial charge in [-0.1, -0.05) is 24.3 Å². The Hall–Kier alpha value is -1.61. The highest BCUT2D eigenvalue weighted by molar-refractivity contribution is 5.26. The lowest BCUT2D eigenvalue weighted by Crippen LogP contribution is -2.10. The van der Waals surface area contributed by atoms with E-state index in [1.807, 2.05) is 29.8 Å². The fourth-order valence-electron chi connectivity index (χ4n) is 2.02. The molecule has 0 bridgehead atoms. The smallest absolute Gasteiger partial charge is 0.137 e. The normalized spacial score (nSPS) is 12.6. The summed E-state index contributed by atoms with van der Waals surface area (Å²) in [6, 6.07) is 8.13. The molecule has 0 aliphatic heterocycles. The van der Waals surface area contributed by atoms with Crippen LogP contribution >= 0.6 is 0 Å². The second kappa shape index (κ2) is 5.15. The van der Waals surface area contributed by atoms with Crippen LogP contribution in [0.2, 0.25) is 0 Å². The zero-order valence-electron chi connectivity index (χ0n) is 10.3. The van der Waals surface area contributed by atoms with Crippen molar-refractivity contribution < 1.29 is 5.11 Å². The Kier molecular flexibility index (Phi) is 3.59. The van der Waals surface area contributed by atoms with Crippen LogP contribution in [-0.2, 0) is 13.0 Å². The highest BCUT2D eigenvalue weighted by Gasteiger charge is 2.14. The Morgan fingerprint density at radius 1 is 1.35 bits per heavy atom. The Balaban J connectivity index is 2.17. The van der Waals surface area contributed by atoms with Gasteiger partial charge in [0, 0.05) is 25.4 Å². The van der Waals surface area contributed by atoms with E-state index in [1.165, 1.54) is 11.1 Å². The zero-order valence-corrected chi connectivity index (χ0v) is 10.3. The van der Waals surface area contributed by atoms with Gasteiger partial charge >= 0.3 is 0 Å². The van der Waals surface area contributed by atoms with Gasteiger partial charge in [0.1, 0.15) is 11.9 Å². The van der Waals surface area contributed by atoms with Crippen LogP contribution in [0.25, 0.3) is 0 Å². The van der Waals surface area contributed by atoms with Crippen molar-refractivity contribution in [2.24, 2.45) is 0 Å². The lowest BCUT2D eigenvalue weighted by molar-refractivity contribution is 0.163. The third-order valence-electron chi connectivity index (χ3n) is 3.06. The number of benzene rings is 1. The molecule has 0 spiro atoms. The lowest BCUT2D eigenvalue weighted by Gasteiger charge is -2.13. The number of aromatic nitrogens is 2. The highest BCUT2D eigenvalue weighted by Crippen LogP contribution is 2.19. The Morgan fingerprint density at radius 3 is 2.82 bits per heavy atom. The van der Waals surface area contributed by atoms with Gasteiger partial charge in [-0.2, -0.15) is 0 Å². The van der Waals surface area contributed by atoms with Crippen LogP contribution < -0.4 is 0 Å². The number of imidazole rings is 1. The molecule has 0 aliphatic rings. The van der Waals surface area contributed by atoms with Gasteiger partial charge in [0.25, 0.3) is 0 Å². The quantitative estimate of drug-likeness (QED) is 0.876. The van der Waals surface area contributed by atoms with E-state index in [2.05, 4.69) is 24.0 Å². The molecule has 0 fully saturated rings. The first-order valence-corrected chi connectivity index (χ1v) is 5.96. The van der Waals surface area contributed by atoms with Crippen molar-refractivity contribution in [2.45, 2.75) is 32.9 Å². The Morgan fingerprint density at radius 2 is 2.12 bits per heavy atom. The Bertz CT molecular complexity index is 490. The molecule has 1 aromatic heterocycles. The maximum Gasteiger partial charge on any atom is 0.137 e. The molecule has 2 rings (SSSR count). The van der Waals surface area contributed by atoms with Crippen LogP contribution in [0.3, 0.4) is 0 Å². The third kappa shape index (κ3) is 2.56. The van der Waals surface area contributed by atoms with Crippen molar-refractivity contribution in [1.82, 2.24) is 9.55 Å². The van der Waals surface area contributed by atoms with E-state index in [0.717, 1.165) is 12.4 Å². The predicted octanol–water partition coefficient (Wildman–Crippen LogP) is 2.49. The minimum atomic E-state index is -0.536. The molecule has 1 aromatic carbocycles. The summed E-state index contributed by atoms with van der Waals surface area (Å²) in [6.45, 7) is 4.94. The molecule has 2 aromatic rings. The monoisotopic (exact) mass is 230 g/mol. The van der Waals surface area contributed by atoms with E-state index in [9.17, 15) is 5.11 Å². The van der Waals surface area contributed by atoms with E-state index >= 15 is 0 Å². The van der Waals surface area contributed by atoms with Gasteiger partial charge < -0.3 is 9.67 Å². The van der Waals surface area contributed by atoms with Crippen LogP contribution in [0.1, 0.15) is 30.0 Å². The molecule has 1 heterocycles. The summed E-state index contributed by atoms with van der Waals surface area (Å²) in [6.07, 6.45) is 3.71. The minimum absolute atomic E-state index is 0.536. The number of rotatable bonds is 4. The predicted molar refractivity (Wildman–Crippen MR) is 67.7 cm³/mol. The summed E-state index contributed by atoms with van der Waals surface area (Å²) in [7, 11) is 0. The van der Waals surface area contributed by atoms with Gasteiger partial charge in [-0.3, -0.25) is 0 Å². The molecule has 3 nitrogen and oxygen atoms in total. The van der Waals surface area contributed by atoms with Gasteiger partial charge in [-0.15, -0.1) is 0 Å². The number of hydrogen-bond donors (Lipinski definition) is 1. The maximum absolute atomic E-state index is 10.2. The molecule has 90 valence electrons. The molecule has 0 amide bonds. The van der Waals surface area contributed by atoms with Gasteiger partial charge in [-0.25, -0.2) is 4.98 Å². The molecule has 0 radical (unpaired) electrons. The molecule has 17 heavy (non-hydrogen) atoms. The van der Waals surface area contributed by atoms with E-state index in [4.69, 9.17) is 0 Å². The molecule has 0 aliphatic carbocycles. The summed E-state index contributed by atoms with van der Waals surface area (Å²) < 4.78 is 1.98. The number of aliphatic hydroxyl groups is 1. The molecular formula is C14H18N2O. The van der Waals surface area contributed by atoms with E-state index in [-0.39, 0.29) is 0 Å². The van der Waals surface area contributed by atoms with Gasteiger partial charge in [0.15, 0.2) is 0 Å². The third-order valence-corrected chi connectivity index (χ3v) is 3.06. The SMILES string of the molecule is CCn1ccnc1C(O)Cc1ccccc1C. The largest absolute Gasteiger partial charge is 0.385 e. The summed E-state index contributed by atoms with van der Waals surface area (Å²) in [5.41, 5.74) is 2.38. The second-order valence-corrected chi connectivity index (χ2v) is 4.22. The van der Waals surface area contributed by atoms with E-state index < -0.39 is 6.10 Å². The minimum Gasteiger partial charge on any atom is -0.385 e. The number of nitrogens with zero attached hydrogens (tertiary/aromatic N) is 2. The maximum atomic E-state index is 10.2. The number of hydrogen-bond acceptors (Lipinski definition) is 2. The molecule has 0 saturated heterocycles. The van der Waals surface area contributed by atoms with Crippen LogP contribution in [0.15, 0.2) is 36.7 Å². The highest BCUT2D eigenvalue weighted by atomic mass is 16.3. The summed E-state index contributed by atoms with van der Waals surface area (Å²) in [4.78, 5) is 4.23. The fraction of sp³-hybridized carbons (Fsp3) is 0.357. The van der Waals surface area contributed by atoms with Gasteiger partial charge in [-0.05, 0) is 25.0 Å². The van der Waals surface area contributed by atoms with E-state index in [1.54, 1.807) is 6.20 Å². The van der Waals surface area contributed by atoms with Crippen LogP contribution in [0, 0.1) is 6.92 Å². The standard InChI is InChI=1S/C14H18N2O/c1-3-16-9-8-15-14(16)13(17)10-12-7-5-4-6-11(12)2/h4-9,13,17H,3,10H2,1-2H3. The van der Waals surface area contributed by atoms with Gasteiger partial charge in [0.05, 0.1) is 0 Å². The van der Waals surface area contributed by atoms with Crippen LogP contribution in [-0.4, -0.2) is 14.7 Å². The topological polar surface area (TPSA) is 38.0 Å². The molecule has 1 atom stereocenters.